The smallest absolute Gasteiger partial charge is 0.283 e. The van der Waals surface area contributed by atoms with Crippen molar-refractivity contribution in [2.45, 2.75) is 25.4 Å². The molecule has 1 heterocycles. The van der Waals surface area contributed by atoms with Crippen LogP contribution in [0.4, 0.5) is 0 Å². The van der Waals surface area contributed by atoms with E-state index in [2.05, 4.69) is 16.1 Å². The van der Waals surface area contributed by atoms with Crippen molar-refractivity contribution in [2.75, 3.05) is 6.61 Å². The van der Waals surface area contributed by atoms with Crippen LogP contribution in [0, 0.1) is 12.3 Å². The van der Waals surface area contributed by atoms with Crippen molar-refractivity contribution in [3.8, 4) is 18.1 Å². The van der Waals surface area contributed by atoms with Gasteiger partial charge in [0.2, 0.25) is 0 Å². The summed E-state index contributed by atoms with van der Waals surface area (Å²) in [5.41, 5.74) is 0.242. The zero-order valence-electron chi connectivity index (χ0n) is 12.5. The Labute approximate surface area is 129 Å². The Morgan fingerprint density at radius 3 is 2.59 bits per heavy atom. The van der Waals surface area contributed by atoms with Crippen molar-refractivity contribution in [3.63, 3.8) is 0 Å². The quantitative estimate of drug-likeness (QED) is 0.789. The van der Waals surface area contributed by atoms with Crippen LogP contribution in [0.1, 0.15) is 25.3 Å². The molecule has 2 aromatic carbocycles. The number of terminal acetylenes is 1. The zero-order valence-corrected chi connectivity index (χ0v) is 12.5. The Balaban J connectivity index is 1.80. The first kappa shape index (κ1) is 14.3. The number of carbonyl (C=O) groups is 1. The minimum atomic E-state index is -0.782. The van der Waals surface area contributed by atoms with E-state index in [1.54, 1.807) is 6.92 Å². The largest absolute Gasteiger partial charge is 0.488 e. The fraction of sp³-hybridized carbons (Fsp3) is 0.278. The minimum absolute atomic E-state index is 0.0890. The molecule has 2 aromatic rings. The van der Waals surface area contributed by atoms with Crippen LogP contribution in [-0.2, 0) is 4.79 Å². The molecule has 0 N–H and O–H groups in total. The van der Waals surface area contributed by atoms with Crippen molar-refractivity contribution in [2.24, 2.45) is 10.2 Å². The van der Waals surface area contributed by atoms with Crippen molar-refractivity contribution >= 4 is 16.6 Å². The van der Waals surface area contributed by atoms with E-state index in [9.17, 15) is 4.79 Å². The van der Waals surface area contributed by atoms with E-state index in [-0.39, 0.29) is 18.3 Å². The van der Waals surface area contributed by atoms with Gasteiger partial charge in [-0.15, -0.1) is 16.7 Å². The van der Waals surface area contributed by atoms with Crippen LogP contribution >= 0.6 is 0 Å². The van der Waals surface area contributed by atoms with Gasteiger partial charge in [0, 0.05) is 5.92 Å². The third-order valence-corrected chi connectivity index (χ3v) is 3.96. The maximum atomic E-state index is 11.5. The highest BCUT2D eigenvalue weighted by Crippen LogP contribution is 2.29. The summed E-state index contributed by atoms with van der Waals surface area (Å²) in [4.78, 5) is 11.5. The summed E-state index contributed by atoms with van der Waals surface area (Å²) in [6.07, 6.45) is 5.35. The predicted octanol–water partition coefficient (Wildman–Crippen LogP) is 3.71. The third kappa shape index (κ3) is 2.71. The van der Waals surface area contributed by atoms with Crippen LogP contribution in [0.2, 0.25) is 0 Å². The molecule has 0 aliphatic carbocycles. The Morgan fingerprint density at radius 2 is 1.95 bits per heavy atom. The normalized spacial score (nSPS) is 16.0. The molecule has 3 rings (SSSR count). The van der Waals surface area contributed by atoms with Gasteiger partial charge in [0.25, 0.3) is 5.66 Å². The Kier molecular flexibility index (Phi) is 3.42. The van der Waals surface area contributed by atoms with Crippen molar-refractivity contribution in [1.82, 2.24) is 0 Å². The summed E-state index contributed by atoms with van der Waals surface area (Å²) in [7, 11) is 0. The summed E-state index contributed by atoms with van der Waals surface area (Å²) in [6.45, 7) is 3.79. The highest BCUT2D eigenvalue weighted by molar-refractivity contribution is 5.88. The standard InChI is InChI=1S/C18H16N2O2/c1-4-18(19-20-18)11-22-17-8-7-15-9-14(12(2)13(3)21)5-6-16(15)10-17/h1,5-10,12H,11H2,2-3H3/t12-/m1/s1. The topological polar surface area (TPSA) is 51.0 Å². The van der Waals surface area contributed by atoms with Crippen LogP contribution in [-0.4, -0.2) is 18.1 Å². The van der Waals surface area contributed by atoms with Crippen LogP contribution in [0.25, 0.3) is 10.8 Å². The van der Waals surface area contributed by atoms with Crippen LogP contribution in [0.15, 0.2) is 46.6 Å². The van der Waals surface area contributed by atoms with E-state index in [0.717, 1.165) is 22.1 Å². The highest BCUT2D eigenvalue weighted by Gasteiger charge is 2.39. The number of nitrogens with zero attached hydrogens (tertiary/aromatic N) is 2. The number of benzene rings is 2. The van der Waals surface area contributed by atoms with Crippen LogP contribution < -0.4 is 4.74 Å². The van der Waals surface area contributed by atoms with Gasteiger partial charge in [-0.25, -0.2) is 0 Å². The number of fused-ring (bicyclic) bond motifs is 1. The van der Waals surface area contributed by atoms with Gasteiger partial charge in [0.1, 0.15) is 18.1 Å². The summed E-state index contributed by atoms with van der Waals surface area (Å²) in [6, 6.07) is 11.8. The lowest BCUT2D eigenvalue weighted by atomic mass is 9.95. The van der Waals surface area contributed by atoms with E-state index >= 15 is 0 Å². The average Bonchev–Trinajstić information content (AvgIpc) is 3.32. The van der Waals surface area contributed by atoms with E-state index in [1.807, 2.05) is 43.3 Å². The molecule has 0 fully saturated rings. The fourth-order valence-electron chi connectivity index (χ4n) is 2.24. The van der Waals surface area contributed by atoms with E-state index in [1.165, 1.54) is 0 Å². The molecule has 1 atom stereocenters. The molecule has 0 saturated carbocycles. The number of hydrogen-bond donors (Lipinski definition) is 0. The molecule has 0 aromatic heterocycles. The van der Waals surface area contributed by atoms with Crippen LogP contribution in [0.5, 0.6) is 5.75 Å². The molecular formula is C18H16N2O2. The van der Waals surface area contributed by atoms with E-state index < -0.39 is 5.66 Å². The van der Waals surface area contributed by atoms with Gasteiger partial charge in [-0.1, -0.05) is 31.2 Å². The number of Topliss-reactive ketones (excluding diaryl/α,β-unsaturated/α-hetero) is 1. The zero-order chi connectivity index (χ0) is 15.7. The van der Waals surface area contributed by atoms with Gasteiger partial charge in [-0.05, 0) is 41.3 Å². The minimum Gasteiger partial charge on any atom is -0.488 e. The molecule has 1 aliphatic rings. The number of rotatable bonds is 5. The second kappa shape index (κ2) is 5.27. The summed E-state index contributed by atoms with van der Waals surface area (Å²) >= 11 is 0. The molecule has 4 heteroatoms. The monoisotopic (exact) mass is 292 g/mol. The maximum absolute atomic E-state index is 11.5. The first-order chi connectivity index (χ1) is 10.5. The molecule has 0 saturated heterocycles. The second-order valence-corrected chi connectivity index (χ2v) is 5.55. The average molecular weight is 292 g/mol. The molecule has 0 spiro atoms. The van der Waals surface area contributed by atoms with Gasteiger partial charge >= 0.3 is 0 Å². The molecule has 0 amide bonds. The van der Waals surface area contributed by atoms with Gasteiger partial charge in [-0.3, -0.25) is 4.79 Å². The predicted molar refractivity (Wildman–Crippen MR) is 85.0 cm³/mol. The molecule has 4 nitrogen and oxygen atoms in total. The fourth-order valence-corrected chi connectivity index (χ4v) is 2.24. The van der Waals surface area contributed by atoms with Gasteiger partial charge < -0.3 is 4.74 Å². The van der Waals surface area contributed by atoms with Gasteiger partial charge in [0.05, 0.1) is 0 Å². The Morgan fingerprint density at radius 1 is 1.27 bits per heavy atom. The maximum Gasteiger partial charge on any atom is 0.283 e. The Bertz CT molecular complexity index is 811. The molecule has 1 aliphatic heterocycles. The highest BCUT2D eigenvalue weighted by atomic mass is 16.5. The summed E-state index contributed by atoms with van der Waals surface area (Å²) < 4.78 is 5.66. The lowest BCUT2D eigenvalue weighted by Gasteiger charge is -2.11. The van der Waals surface area contributed by atoms with E-state index in [0.29, 0.717) is 0 Å². The summed E-state index contributed by atoms with van der Waals surface area (Å²) in [5, 5.41) is 9.75. The number of hydrogen-bond acceptors (Lipinski definition) is 4. The molecular weight excluding hydrogens is 276 g/mol. The number of ketones is 1. The van der Waals surface area contributed by atoms with E-state index in [4.69, 9.17) is 11.2 Å². The van der Waals surface area contributed by atoms with Gasteiger partial charge in [-0.2, -0.15) is 0 Å². The molecule has 0 bridgehead atoms. The lowest BCUT2D eigenvalue weighted by Crippen LogP contribution is -2.18. The van der Waals surface area contributed by atoms with Crippen molar-refractivity contribution in [1.29, 1.82) is 0 Å². The molecule has 110 valence electrons. The SMILES string of the molecule is C#CC1(COc2ccc3cc([C@H](C)C(C)=O)ccc3c2)N=N1. The lowest BCUT2D eigenvalue weighted by molar-refractivity contribution is -0.118. The van der Waals surface area contributed by atoms with Crippen molar-refractivity contribution < 1.29 is 9.53 Å². The Hall–Kier alpha value is -2.67. The van der Waals surface area contributed by atoms with Gasteiger partial charge in [0.15, 0.2) is 0 Å². The second-order valence-electron chi connectivity index (χ2n) is 5.55. The van der Waals surface area contributed by atoms with Crippen molar-refractivity contribution in [3.05, 3.63) is 42.0 Å². The first-order valence-corrected chi connectivity index (χ1v) is 7.12. The molecule has 0 unspecified atom stereocenters. The molecule has 22 heavy (non-hydrogen) atoms. The molecule has 0 radical (unpaired) electrons. The third-order valence-electron chi connectivity index (χ3n) is 3.96. The number of carbonyl (C=O) groups excluding carboxylic acids is 1. The number of ether oxygens (including phenoxy) is 1. The first-order valence-electron chi connectivity index (χ1n) is 7.12. The van der Waals surface area contributed by atoms with Crippen LogP contribution in [0.3, 0.4) is 0 Å². The summed E-state index contributed by atoms with van der Waals surface area (Å²) in [5.74, 6) is 3.30.